The number of aromatic nitrogens is 6. The molecule has 18 heteroatoms. The smallest absolute Gasteiger partial charge is 0.281 e. The van der Waals surface area contributed by atoms with E-state index in [1.165, 1.54) is 23.4 Å². The molecular formula is C60H74BrN11O5S. The van der Waals surface area contributed by atoms with Gasteiger partial charge in [-0.1, -0.05) is 81.6 Å². The van der Waals surface area contributed by atoms with Gasteiger partial charge in [0, 0.05) is 74.5 Å². The zero-order valence-corrected chi connectivity index (χ0v) is 48.0. The molecule has 1 aliphatic carbocycles. The van der Waals surface area contributed by atoms with Gasteiger partial charge in [0.15, 0.2) is 0 Å². The number of anilines is 1. The monoisotopic (exact) mass is 1140 g/mol. The fraction of sp³-hybridized carbons (Fsp3) is 0.550. The number of rotatable bonds is 12. The van der Waals surface area contributed by atoms with Crippen molar-refractivity contribution in [3.63, 3.8) is 0 Å². The molecule has 4 atom stereocenters. The van der Waals surface area contributed by atoms with Crippen LogP contribution in [0.3, 0.4) is 0 Å². The first-order valence-electron chi connectivity index (χ1n) is 28.6. The molecule has 1 saturated carbocycles. The summed E-state index contributed by atoms with van der Waals surface area (Å²) in [5, 5.41) is 24.5. The molecule has 2 N–H and O–H groups in total. The standard InChI is InChI=1S/C60H74BrN11O5S/c1-38-53(78-37-62-38)42-13-11-40(12-14-42)47(35-68-27-29-77-30-28-68)63-55(74)51-32-44(73)34-70(51)57(76)54(59(2,3)4)71-36-48(65-66-71)41-19-23-67(24-20-41)33-39-17-25-69(26-18-39)43-15-16-45-50(31-43)72-49-10-8-9-46(61)52(49)56(75)64-58(72)60(45)21-6-5-7-22-60/h8-16,31,36-37,39,41,44,47,51,54,73H,5-7,17-30,32-35H2,1-4H3,(H,63,74)/t44-,47+,51+,54-/m1/s1. The summed E-state index contributed by atoms with van der Waals surface area (Å²) in [5.74, 6) is 1.25. The molecule has 0 bridgehead atoms. The van der Waals surface area contributed by atoms with Gasteiger partial charge in [-0.15, -0.1) is 16.4 Å². The second kappa shape index (κ2) is 21.9. The molecule has 5 aliphatic heterocycles. The molecule has 0 radical (unpaired) electrons. The molecule has 2 amide bonds. The highest BCUT2D eigenvalue weighted by Crippen LogP contribution is 2.52. The number of aliphatic hydroxyl groups excluding tert-OH is 1. The number of aryl methyl sites for hydroxylation is 1. The number of hydrogen-bond donors (Lipinski definition) is 2. The summed E-state index contributed by atoms with van der Waals surface area (Å²) in [7, 11) is 0. The van der Waals surface area contributed by atoms with Crippen molar-refractivity contribution < 1.29 is 19.4 Å². The highest BCUT2D eigenvalue weighted by Gasteiger charge is 2.48. The van der Waals surface area contributed by atoms with E-state index in [-0.39, 0.29) is 47.7 Å². The van der Waals surface area contributed by atoms with Gasteiger partial charge in [-0.3, -0.25) is 23.9 Å². The van der Waals surface area contributed by atoms with Gasteiger partial charge in [-0.05, 0) is 127 Å². The molecule has 4 saturated heterocycles. The number of β-amino-alcohol motifs (C(OH)–C–C–N with tert-alkyl or cyclic N) is 1. The Kier molecular flexibility index (Phi) is 15.0. The maximum atomic E-state index is 14.9. The summed E-state index contributed by atoms with van der Waals surface area (Å²) in [6, 6.07) is 19.5. The van der Waals surface area contributed by atoms with Gasteiger partial charge in [0.05, 0.1) is 69.1 Å². The van der Waals surface area contributed by atoms with E-state index in [1.807, 2.05) is 51.5 Å². The fourth-order valence-corrected chi connectivity index (χ4v) is 15.3. The quantitative estimate of drug-likeness (QED) is 0.120. The lowest BCUT2D eigenvalue weighted by molar-refractivity contribution is -0.144. The highest BCUT2D eigenvalue weighted by molar-refractivity contribution is 9.10. The third-order valence-corrected chi connectivity index (χ3v) is 19.8. The van der Waals surface area contributed by atoms with Gasteiger partial charge in [0.2, 0.25) is 11.8 Å². The number of thiazole rings is 1. The Morgan fingerprint density at radius 3 is 2.41 bits per heavy atom. The molecule has 412 valence electrons. The highest BCUT2D eigenvalue weighted by atomic mass is 79.9. The topological polar surface area (TPSA) is 167 Å². The fourth-order valence-electron chi connectivity index (χ4n) is 14.0. The number of hydrogen-bond acceptors (Lipinski definition) is 13. The van der Waals surface area contributed by atoms with E-state index >= 15 is 0 Å². The van der Waals surface area contributed by atoms with Crippen molar-refractivity contribution in [1.82, 2.24) is 49.5 Å². The molecule has 12 rings (SSSR count). The van der Waals surface area contributed by atoms with Crippen molar-refractivity contribution in [2.75, 3.05) is 77.0 Å². The summed E-state index contributed by atoms with van der Waals surface area (Å²) < 4.78 is 10.5. The lowest BCUT2D eigenvalue weighted by atomic mass is 9.70. The summed E-state index contributed by atoms with van der Waals surface area (Å²) in [4.78, 5) is 62.5. The summed E-state index contributed by atoms with van der Waals surface area (Å²) >= 11 is 5.28. The molecule has 6 aromatic rings. The van der Waals surface area contributed by atoms with Crippen molar-refractivity contribution in [3.05, 3.63) is 116 Å². The molecule has 5 fully saturated rings. The Hall–Kier alpha value is -5.37. The lowest BCUT2D eigenvalue weighted by Crippen LogP contribution is -2.52. The van der Waals surface area contributed by atoms with E-state index in [9.17, 15) is 19.5 Å². The number of benzene rings is 3. The Balaban J connectivity index is 0.676. The summed E-state index contributed by atoms with van der Waals surface area (Å²) in [5.41, 5.74) is 9.53. The molecule has 1 spiro atoms. The van der Waals surface area contributed by atoms with Crippen LogP contribution in [0.2, 0.25) is 0 Å². The predicted molar refractivity (Wildman–Crippen MR) is 307 cm³/mol. The van der Waals surface area contributed by atoms with Gasteiger partial charge >= 0.3 is 0 Å². The Labute approximate surface area is 469 Å². The minimum Gasteiger partial charge on any atom is -0.391 e. The van der Waals surface area contributed by atoms with Crippen LogP contribution in [0.25, 0.3) is 27.0 Å². The number of piperidine rings is 2. The second-order valence-corrected chi connectivity index (χ2v) is 25.9. The summed E-state index contributed by atoms with van der Waals surface area (Å²) in [6.45, 7) is 16.6. The zero-order chi connectivity index (χ0) is 53.9. The molecule has 16 nitrogen and oxygen atoms in total. The number of morpholine rings is 1. The first kappa shape index (κ1) is 53.3. The van der Waals surface area contributed by atoms with Crippen molar-refractivity contribution in [2.45, 2.75) is 127 Å². The van der Waals surface area contributed by atoms with Crippen LogP contribution in [0.1, 0.15) is 131 Å². The van der Waals surface area contributed by atoms with Crippen molar-refractivity contribution >= 4 is 55.7 Å². The number of carbonyl (C=O) groups is 2. The molecule has 8 heterocycles. The first-order chi connectivity index (χ1) is 37.7. The van der Waals surface area contributed by atoms with Gasteiger partial charge < -0.3 is 29.9 Å². The van der Waals surface area contributed by atoms with Gasteiger partial charge in [0.25, 0.3) is 5.56 Å². The largest absolute Gasteiger partial charge is 0.391 e. The van der Waals surface area contributed by atoms with E-state index < -0.39 is 23.6 Å². The van der Waals surface area contributed by atoms with E-state index in [4.69, 9.17) is 14.8 Å². The SMILES string of the molecule is Cc1ncsc1-c1ccc([C@H](CN2CCOCC2)NC(=O)[C@@H]2C[C@@H](O)CN2C(=O)[C@@H](n2cc(C3CCN(CC4CCN(c5ccc6c(c5)-n5c(nc(=O)c7c(Br)cccc75)C65CCCCC5)CC4)CC3)nn2)C(C)(C)C)cc1. The van der Waals surface area contributed by atoms with Crippen LogP contribution in [-0.2, 0) is 19.7 Å². The molecular weight excluding hydrogens is 1070 g/mol. The molecule has 78 heavy (non-hydrogen) atoms. The van der Waals surface area contributed by atoms with Crippen molar-refractivity contribution in [3.8, 4) is 16.1 Å². The van der Waals surface area contributed by atoms with Gasteiger partial charge in [-0.25, -0.2) is 9.67 Å². The van der Waals surface area contributed by atoms with Crippen LogP contribution >= 0.6 is 27.3 Å². The molecule has 6 aliphatic rings. The Bertz CT molecular complexity index is 3220. The van der Waals surface area contributed by atoms with E-state index in [1.54, 1.807) is 20.9 Å². The van der Waals surface area contributed by atoms with E-state index in [0.717, 1.165) is 140 Å². The maximum Gasteiger partial charge on any atom is 0.281 e. The number of amides is 2. The van der Waals surface area contributed by atoms with Crippen LogP contribution in [-0.4, -0.2) is 145 Å². The van der Waals surface area contributed by atoms with Crippen LogP contribution in [0.5, 0.6) is 0 Å². The average molecular weight is 1140 g/mol. The maximum absolute atomic E-state index is 14.9. The number of halogens is 1. The zero-order valence-electron chi connectivity index (χ0n) is 45.6. The minimum atomic E-state index is -0.842. The minimum absolute atomic E-state index is 0.0708. The molecule has 3 aromatic carbocycles. The van der Waals surface area contributed by atoms with Crippen LogP contribution in [0.4, 0.5) is 5.69 Å². The van der Waals surface area contributed by atoms with E-state index in [0.29, 0.717) is 31.1 Å². The number of nitrogens with zero attached hydrogens (tertiary/aromatic N) is 10. The lowest BCUT2D eigenvalue weighted by Gasteiger charge is -2.38. The number of aliphatic hydroxyl groups is 1. The Morgan fingerprint density at radius 1 is 0.936 bits per heavy atom. The number of fused-ring (bicyclic) bond motifs is 7. The molecule has 0 unspecified atom stereocenters. The normalized spacial score (nSPS) is 22.2. The third kappa shape index (κ3) is 10.3. The van der Waals surface area contributed by atoms with Crippen LogP contribution < -0.4 is 15.8 Å². The molecule has 3 aromatic heterocycles. The van der Waals surface area contributed by atoms with Crippen molar-refractivity contribution in [2.24, 2.45) is 11.3 Å². The van der Waals surface area contributed by atoms with Crippen LogP contribution in [0.15, 0.2) is 81.6 Å². The van der Waals surface area contributed by atoms with Gasteiger partial charge in [0.1, 0.15) is 17.9 Å². The average Bonchev–Trinajstić information content (AvgIpc) is 4.23. The predicted octanol–water partition coefficient (Wildman–Crippen LogP) is 8.57. The Morgan fingerprint density at radius 2 is 1.69 bits per heavy atom. The van der Waals surface area contributed by atoms with Gasteiger partial charge in [-0.2, -0.15) is 4.98 Å². The number of ether oxygens (including phenoxy) is 1. The summed E-state index contributed by atoms with van der Waals surface area (Å²) in [6.07, 6.45) is 11.0. The number of carbonyl (C=O) groups excluding carboxylic acids is 2. The van der Waals surface area contributed by atoms with Crippen LogP contribution in [0, 0.1) is 18.3 Å². The number of likely N-dealkylation sites (tertiary alicyclic amines) is 2. The second-order valence-electron chi connectivity index (χ2n) is 24.2. The number of nitrogens with one attached hydrogen (secondary N) is 1. The van der Waals surface area contributed by atoms with Crippen molar-refractivity contribution in [1.29, 1.82) is 0 Å². The van der Waals surface area contributed by atoms with E-state index in [2.05, 4.69) is 99.2 Å². The first-order valence-corrected chi connectivity index (χ1v) is 30.2. The third-order valence-electron chi connectivity index (χ3n) is 18.1.